The van der Waals surface area contributed by atoms with E-state index in [9.17, 15) is 0 Å². The van der Waals surface area contributed by atoms with Crippen LogP contribution in [-0.2, 0) is 9.47 Å². The standard InChI is InChI=1S/C12H27NO2/c1-6-13-12(10(3)4)9-15-11(5)8-14-7-2/h10-13H,6-9H2,1-5H3. The van der Waals surface area contributed by atoms with E-state index in [-0.39, 0.29) is 6.10 Å². The van der Waals surface area contributed by atoms with Crippen LogP contribution < -0.4 is 5.32 Å². The van der Waals surface area contributed by atoms with Crippen LogP contribution in [0.2, 0.25) is 0 Å². The lowest BCUT2D eigenvalue weighted by atomic mass is 10.1. The zero-order valence-corrected chi connectivity index (χ0v) is 10.9. The molecular weight excluding hydrogens is 190 g/mol. The largest absolute Gasteiger partial charge is 0.379 e. The van der Waals surface area contributed by atoms with Gasteiger partial charge in [-0.15, -0.1) is 0 Å². The third-order valence-electron chi connectivity index (χ3n) is 2.39. The van der Waals surface area contributed by atoms with Crippen molar-refractivity contribution in [2.24, 2.45) is 5.92 Å². The van der Waals surface area contributed by atoms with Gasteiger partial charge in [0.15, 0.2) is 0 Å². The summed E-state index contributed by atoms with van der Waals surface area (Å²) in [6.45, 7) is 13.8. The zero-order chi connectivity index (χ0) is 11.7. The molecule has 1 N–H and O–H groups in total. The smallest absolute Gasteiger partial charge is 0.0781 e. The molecule has 3 nitrogen and oxygen atoms in total. The lowest BCUT2D eigenvalue weighted by molar-refractivity contribution is -0.0154. The Labute approximate surface area is 94.5 Å². The van der Waals surface area contributed by atoms with Crippen LogP contribution in [0.25, 0.3) is 0 Å². The van der Waals surface area contributed by atoms with Crippen LogP contribution in [0, 0.1) is 5.92 Å². The third-order valence-corrected chi connectivity index (χ3v) is 2.39. The Bertz CT molecular complexity index is 140. The topological polar surface area (TPSA) is 30.5 Å². The van der Waals surface area contributed by atoms with E-state index >= 15 is 0 Å². The number of nitrogens with one attached hydrogen (secondary N) is 1. The Morgan fingerprint density at radius 3 is 2.20 bits per heavy atom. The summed E-state index contributed by atoms with van der Waals surface area (Å²) in [6, 6.07) is 0.444. The minimum absolute atomic E-state index is 0.185. The Kier molecular flexibility index (Phi) is 9.06. The van der Waals surface area contributed by atoms with Gasteiger partial charge in [-0.25, -0.2) is 0 Å². The fourth-order valence-electron chi connectivity index (χ4n) is 1.35. The van der Waals surface area contributed by atoms with Gasteiger partial charge in [-0.1, -0.05) is 20.8 Å². The fourth-order valence-corrected chi connectivity index (χ4v) is 1.35. The molecule has 3 heteroatoms. The first kappa shape index (κ1) is 14.9. The molecule has 0 heterocycles. The predicted octanol–water partition coefficient (Wildman–Crippen LogP) is 2.06. The number of likely N-dealkylation sites (N-methyl/N-ethyl adjacent to an activating group) is 1. The first-order valence-electron chi connectivity index (χ1n) is 6.04. The summed E-state index contributed by atoms with van der Waals surface area (Å²) in [5.41, 5.74) is 0. The molecule has 0 aliphatic rings. The van der Waals surface area contributed by atoms with Gasteiger partial charge < -0.3 is 14.8 Å². The SMILES string of the molecule is CCNC(COC(C)COCC)C(C)C. The maximum Gasteiger partial charge on any atom is 0.0781 e. The second-order valence-corrected chi connectivity index (χ2v) is 4.21. The van der Waals surface area contributed by atoms with E-state index in [0.717, 1.165) is 19.8 Å². The Morgan fingerprint density at radius 1 is 1.07 bits per heavy atom. The minimum Gasteiger partial charge on any atom is -0.379 e. The lowest BCUT2D eigenvalue weighted by Gasteiger charge is -2.23. The van der Waals surface area contributed by atoms with Crippen LogP contribution in [0.1, 0.15) is 34.6 Å². The molecule has 0 aliphatic carbocycles. The van der Waals surface area contributed by atoms with Crippen LogP contribution in [0.3, 0.4) is 0 Å². The van der Waals surface area contributed by atoms with E-state index in [2.05, 4.69) is 33.0 Å². The van der Waals surface area contributed by atoms with Crippen LogP contribution in [-0.4, -0.2) is 38.5 Å². The summed E-state index contributed by atoms with van der Waals surface area (Å²) in [6.07, 6.45) is 0.185. The van der Waals surface area contributed by atoms with Crippen molar-refractivity contribution < 1.29 is 9.47 Å². The molecule has 0 saturated carbocycles. The van der Waals surface area contributed by atoms with Crippen LogP contribution >= 0.6 is 0 Å². The Morgan fingerprint density at radius 2 is 1.73 bits per heavy atom. The molecule has 2 atom stereocenters. The summed E-state index contributed by atoms with van der Waals surface area (Å²) in [7, 11) is 0. The highest BCUT2D eigenvalue weighted by Gasteiger charge is 2.13. The van der Waals surface area contributed by atoms with Crippen molar-refractivity contribution in [2.45, 2.75) is 46.8 Å². The molecule has 2 unspecified atom stereocenters. The second kappa shape index (κ2) is 9.13. The van der Waals surface area contributed by atoms with E-state index in [4.69, 9.17) is 9.47 Å². The van der Waals surface area contributed by atoms with Gasteiger partial charge in [-0.3, -0.25) is 0 Å². The molecule has 0 fully saturated rings. The zero-order valence-electron chi connectivity index (χ0n) is 10.9. The first-order chi connectivity index (χ1) is 7.11. The molecule has 0 aliphatic heterocycles. The lowest BCUT2D eigenvalue weighted by Crippen LogP contribution is -2.39. The van der Waals surface area contributed by atoms with Crippen molar-refractivity contribution in [3.8, 4) is 0 Å². The average Bonchev–Trinajstić information content (AvgIpc) is 2.20. The maximum atomic E-state index is 5.73. The number of rotatable bonds is 9. The van der Waals surface area contributed by atoms with Crippen molar-refractivity contribution in [3.63, 3.8) is 0 Å². The van der Waals surface area contributed by atoms with Gasteiger partial charge in [-0.2, -0.15) is 0 Å². The second-order valence-electron chi connectivity index (χ2n) is 4.21. The summed E-state index contributed by atoms with van der Waals surface area (Å²) in [5.74, 6) is 0.601. The molecule has 0 saturated heterocycles. The van der Waals surface area contributed by atoms with Gasteiger partial charge in [0, 0.05) is 12.6 Å². The fraction of sp³-hybridized carbons (Fsp3) is 1.00. The highest BCUT2D eigenvalue weighted by molar-refractivity contribution is 4.69. The van der Waals surface area contributed by atoms with Gasteiger partial charge in [0.1, 0.15) is 0 Å². The van der Waals surface area contributed by atoms with Crippen molar-refractivity contribution in [2.75, 3.05) is 26.4 Å². The highest BCUT2D eigenvalue weighted by Crippen LogP contribution is 2.04. The Balaban J connectivity index is 3.68. The molecule has 0 bridgehead atoms. The summed E-state index contributed by atoms with van der Waals surface area (Å²) >= 11 is 0. The minimum atomic E-state index is 0.185. The molecule has 0 aromatic carbocycles. The molecule has 0 aromatic heterocycles. The molecular formula is C12H27NO2. The van der Waals surface area contributed by atoms with Crippen molar-refractivity contribution in [1.82, 2.24) is 5.32 Å². The van der Waals surface area contributed by atoms with Gasteiger partial charge in [0.2, 0.25) is 0 Å². The molecule has 0 amide bonds. The molecule has 0 aromatic rings. The molecule has 0 radical (unpaired) electrons. The quantitative estimate of drug-likeness (QED) is 0.641. The highest BCUT2D eigenvalue weighted by atomic mass is 16.5. The molecule has 92 valence electrons. The number of hydrogen-bond donors (Lipinski definition) is 1. The van der Waals surface area contributed by atoms with Gasteiger partial charge >= 0.3 is 0 Å². The predicted molar refractivity (Wildman–Crippen MR) is 64.2 cm³/mol. The van der Waals surface area contributed by atoms with E-state index in [1.54, 1.807) is 0 Å². The Hall–Kier alpha value is -0.120. The van der Waals surface area contributed by atoms with Crippen LogP contribution in [0.15, 0.2) is 0 Å². The third kappa shape index (κ3) is 7.77. The van der Waals surface area contributed by atoms with Crippen molar-refractivity contribution in [1.29, 1.82) is 0 Å². The molecule has 0 spiro atoms. The van der Waals surface area contributed by atoms with E-state index < -0.39 is 0 Å². The van der Waals surface area contributed by atoms with Crippen molar-refractivity contribution in [3.05, 3.63) is 0 Å². The van der Waals surface area contributed by atoms with Gasteiger partial charge in [0.25, 0.3) is 0 Å². The number of ether oxygens (including phenoxy) is 2. The van der Waals surface area contributed by atoms with E-state index in [1.165, 1.54) is 0 Å². The first-order valence-corrected chi connectivity index (χ1v) is 6.04. The summed E-state index contributed by atoms with van der Waals surface area (Å²) < 4.78 is 11.0. The number of hydrogen-bond acceptors (Lipinski definition) is 3. The van der Waals surface area contributed by atoms with Crippen LogP contribution in [0.5, 0.6) is 0 Å². The maximum absolute atomic E-state index is 5.73. The monoisotopic (exact) mass is 217 g/mol. The molecule has 15 heavy (non-hydrogen) atoms. The summed E-state index contributed by atoms with van der Waals surface area (Å²) in [5, 5.41) is 3.43. The normalized spacial score (nSPS) is 15.6. The van der Waals surface area contributed by atoms with E-state index in [1.807, 2.05) is 6.92 Å². The molecule has 0 rings (SSSR count). The van der Waals surface area contributed by atoms with Crippen LogP contribution in [0.4, 0.5) is 0 Å². The van der Waals surface area contributed by atoms with Gasteiger partial charge in [-0.05, 0) is 26.3 Å². The summed E-state index contributed by atoms with van der Waals surface area (Å²) in [4.78, 5) is 0. The van der Waals surface area contributed by atoms with E-state index in [0.29, 0.717) is 18.6 Å². The van der Waals surface area contributed by atoms with Gasteiger partial charge in [0.05, 0.1) is 19.3 Å². The average molecular weight is 217 g/mol. The van der Waals surface area contributed by atoms with Crippen molar-refractivity contribution >= 4 is 0 Å².